The number of aliphatic hydroxyl groups excluding tert-OH is 1. The average molecular weight is 399 g/mol. The molecule has 2 aliphatic rings. The summed E-state index contributed by atoms with van der Waals surface area (Å²) >= 11 is 0. The highest BCUT2D eigenvalue weighted by Gasteiger charge is 2.53. The normalized spacial score (nSPS) is 36.3. The first kappa shape index (κ1) is 23.1. The fraction of sp³-hybridized carbons (Fsp3) is 0.905. The molecule has 0 spiro atoms. The number of methoxy groups -OCH3 is 2. The summed E-state index contributed by atoms with van der Waals surface area (Å²) in [4.78, 5) is 24.5. The zero-order chi connectivity index (χ0) is 20.9. The quantitative estimate of drug-likeness (QED) is 0.536. The molecular formula is C21H38N2O5. The summed E-state index contributed by atoms with van der Waals surface area (Å²) < 4.78 is 9.92. The Morgan fingerprint density at radius 3 is 2.54 bits per heavy atom. The predicted molar refractivity (Wildman–Crippen MR) is 107 cm³/mol. The van der Waals surface area contributed by atoms with Crippen LogP contribution in [0.5, 0.6) is 0 Å². The molecule has 2 amide bonds. The minimum absolute atomic E-state index is 0.0277. The molecule has 2 rings (SSSR count). The SMILES string of the molecule is COCCNC(=O)[C@@H](C)[C@@H]1CC[C@@]2(C)CC[C@H](NC(=O)COC)[C@@H](C)[C@@H]2[C@H]1O. The van der Waals surface area contributed by atoms with E-state index in [1.54, 1.807) is 7.11 Å². The van der Waals surface area contributed by atoms with E-state index in [0.29, 0.717) is 13.2 Å². The number of hydrogen-bond donors (Lipinski definition) is 3. The van der Waals surface area contributed by atoms with Crippen molar-refractivity contribution in [1.82, 2.24) is 10.6 Å². The Kier molecular flexibility index (Phi) is 8.28. The Hall–Kier alpha value is -1.18. The van der Waals surface area contributed by atoms with E-state index in [2.05, 4.69) is 24.5 Å². The Balaban J connectivity index is 2.08. The lowest BCUT2D eigenvalue weighted by Gasteiger charge is -2.56. The second-order valence-electron chi connectivity index (χ2n) is 8.95. The molecule has 0 radical (unpaired) electrons. The van der Waals surface area contributed by atoms with Gasteiger partial charge in [-0.25, -0.2) is 0 Å². The first-order chi connectivity index (χ1) is 13.2. The van der Waals surface area contributed by atoms with E-state index in [4.69, 9.17) is 9.47 Å². The first-order valence-corrected chi connectivity index (χ1v) is 10.5. The molecule has 2 aliphatic carbocycles. The monoisotopic (exact) mass is 398 g/mol. The van der Waals surface area contributed by atoms with Gasteiger partial charge >= 0.3 is 0 Å². The van der Waals surface area contributed by atoms with E-state index >= 15 is 0 Å². The van der Waals surface area contributed by atoms with Crippen LogP contribution in [0.1, 0.15) is 46.5 Å². The maximum Gasteiger partial charge on any atom is 0.246 e. The van der Waals surface area contributed by atoms with Crippen LogP contribution in [0.2, 0.25) is 0 Å². The summed E-state index contributed by atoms with van der Waals surface area (Å²) in [6.45, 7) is 7.29. The topological polar surface area (TPSA) is 96.9 Å². The van der Waals surface area contributed by atoms with Crippen LogP contribution in [0.25, 0.3) is 0 Å². The lowest BCUT2D eigenvalue weighted by Crippen LogP contribution is -2.58. The van der Waals surface area contributed by atoms with E-state index in [0.717, 1.165) is 25.7 Å². The molecule has 0 saturated heterocycles. The summed E-state index contributed by atoms with van der Waals surface area (Å²) in [7, 11) is 3.11. The summed E-state index contributed by atoms with van der Waals surface area (Å²) in [5.74, 6) is -0.277. The molecule has 7 heteroatoms. The second kappa shape index (κ2) is 10.0. The van der Waals surface area contributed by atoms with Crippen LogP contribution in [-0.2, 0) is 19.1 Å². The molecule has 2 saturated carbocycles. The third kappa shape index (κ3) is 5.05. The number of rotatable bonds is 8. The standard InChI is InChI=1S/C21H38N2O5/c1-13(20(26)22-10-11-27-4)15-6-8-21(3)9-7-16(23-17(24)12-28-5)14(2)18(21)19(15)25/h13-16,18-19,25H,6-12H2,1-5H3,(H,22,26)(H,23,24)/t13-,14+,15-,16-,18+,19-,21-/m0/s1. The van der Waals surface area contributed by atoms with Crippen molar-refractivity contribution in [2.24, 2.45) is 29.1 Å². The van der Waals surface area contributed by atoms with Gasteiger partial charge in [0.25, 0.3) is 0 Å². The molecule has 28 heavy (non-hydrogen) atoms. The maximum atomic E-state index is 12.5. The Bertz CT molecular complexity index is 543. The van der Waals surface area contributed by atoms with Crippen molar-refractivity contribution in [3.63, 3.8) is 0 Å². The molecule has 7 atom stereocenters. The molecular weight excluding hydrogens is 360 g/mol. The number of nitrogens with one attached hydrogen (secondary N) is 2. The van der Waals surface area contributed by atoms with Gasteiger partial charge < -0.3 is 25.2 Å². The molecule has 162 valence electrons. The molecule has 0 unspecified atom stereocenters. The number of carbonyl (C=O) groups excluding carboxylic acids is 2. The van der Waals surface area contributed by atoms with Crippen LogP contribution >= 0.6 is 0 Å². The Morgan fingerprint density at radius 1 is 1.21 bits per heavy atom. The van der Waals surface area contributed by atoms with Gasteiger partial charge in [-0.1, -0.05) is 20.8 Å². The van der Waals surface area contributed by atoms with E-state index in [9.17, 15) is 14.7 Å². The zero-order valence-corrected chi connectivity index (χ0v) is 18.0. The van der Waals surface area contributed by atoms with Gasteiger partial charge in [0.15, 0.2) is 0 Å². The fourth-order valence-electron chi connectivity index (χ4n) is 5.51. The molecule has 0 aromatic carbocycles. The van der Waals surface area contributed by atoms with Crippen molar-refractivity contribution < 1.29 is 24.2 Å². The molecule has 0 bridgehead atoms. The van der Waals surface area contributed by atoms with Crippen molar-refractivity contribution in [1.29, 1.82) is 0 Å². The number of aliphatic hydroxyl groups is 1. The van der Waals surface area contributed by atoms with Crippen molar-refractivity contribution in [3.8, 4) is 0 Å². The van der Waals surface area contributed by atoms with Gasteiger partial charge in [0.1, 0.15) is 6.61 Å². The lowest BCUT2D eigenvalue weighted by molar-refractivity contribution is -0.144. The highest BCUT2D eigenvalue weighted by atomic mass is 16.5. The minimum Gasteiger partial charge on any atom is -0.392 e. The summed E-state index contributed by atoms with van der Waals surface area (Å²) in [6.07, 6.45) is 3.17. The molecule has 0 aliphatic heterocycles. The van der Waals surface area contributed by atoms with Gasteiger partial charge in [-0.05, 0) is 48.9 Å². The molecule has 2 fully saturated rings. The minimum atomic E-state index is -0.556. The third-order valence-corrected chi connectivity index (χ3v) is 7.17. The number of carbonyl (C=O) groups is 2. The molecule has 0 aromatic rings. The fourth-order valence-corrected chi connectivity index (χ4v) is 5.51. The highest BCUT2D eigenvalue weighted by molar-refractivity contribution is 5.78. The van der Waals surface area contributed by atoms with E-state index < -0.39 is 6.10 Å². The summed E-state index contributed by atoms with van der Waals surface area (Å²) in [5.41, 5.74) is 0.0457. The number of hydrogen-bond acceptors (Lipinski definition) is 5. The average Bonchev–Trinajstić information content (AvgIpc) is 2.64. The molecule has 0 heterocycles. The van der Waals surface area contributed by atoms with Crippen LogP contribution in [0, 0.1) is 29.1 Å². The molecule has 0 aromatic heterocycles. The van der Waals surface area contributed by atoms with Gasteiger partial charge in [0, 0.05) is 32.7 Å². The van der Waals surface area contributed by atoms with Crippen LogP contribution in [0.4, 0.5) is 0 Å². The smallest absolute Gasteiger partial charge is 0.246 e. The molecule has 7 nitrogen and oxygen atoms in total. The van der Waals surface area contributed by atoms with Crippen LogP contribution < -0.4 is 10.6 Å². The van der Waals surface area contributed by atoms with Gasteiger partial charge in [0.05, 0.1) is 12.7 Å². The number of fused-ring (bicyclic) bond motifs is 1. The first-order valence-electron chi connectivity index (χ1n) is 10.5. The van der Waals surface area contributed by atoms with E-state index in [1.165, 1.54) is 7.11 Å². The number of ether oxygens (including phenoxy) is 2. The highest BCUT2D eigenvalue weighted by Crippen LogP contribution is 2.55. The predicted octanol–water partition coefficient (Wildman–Crippen LogP) is 1.34. The van der Waals surface area contributed by atoms with Crippen molar-refractivity contribution in [2.75, 3.05) is 34.0 Å². The molecule has 3 N–H and O–H groups in total. The van der Waals surface area contributed by atoms with Crippen LogP contribution in [0.15, 0.2) is 0 Å². The van der Waals surface area contributed by atoms with Crippen LogP contribution in [0.3, 0.4) is 0 Å². The largest absolute Gasteiger partial charge is 0.392 e. The van der Waals surface area contributed by atoms with Gasteiger partial charge in [0.2, 0.25) is 11.8 Å². The van der Waals surface area contributed by atoms with Gasteiger partial charge in [-0.3, -0.25) is 9.59 Å². The van der Waals surface area contributed by atoms with Crippen molar-refractivity contribution in [3.05, 3.63) is 0 Å². The van der Waals surface area contributed by atoms with E-state index in [1.807, 2.05) is 6.92 Å². The van der Waals surface area contributed by atoms with Gasteiger partial charge in [-0.15, -0.1) is 0 Å². The Labute approximate surface area is 168 Å². The third-order valence-electron chi connectivity index (χ3n) is 7.17. The van der Waals surface area contributed by atoms with Crippen molar-refractivity contribution >= 4 is 11.8 Å². The zero-order valence-electron chi connectivity index (χ0n) is 18.0. The second-order valence-corrected chi connectivity index (χ2v) is 8.95. The van der Waals surface area contributed by atoms with Crippen LogP contribution in [-0.4, -0.2) is 63.0 Å². The maximum absolute atomic E-state index is 12.5. The summed E-state index contributed by atoms with van der Waals surface area (Å²) in [5, 5.41) is 17.3. The van der Waals surface area contributed by atoms with E-state index in [-0.39, 0.29) is 53.5 Å². The van der Waals surface area contributed by atoms with Gasteiger partial charge in [-0.2, -0.15) is 0 Å². The van der Waals surface area contributed by atoms with Crippen molar-refractivity contribution in [2.45, 2.75) is 58.6 Å². The Morgan fingerprint density at radius 2 is 1.89 bits per heavy atom. The summed E-state index contributed by atoms with van der Waals surface area (Å²) in [6, 6.07) is 0.0277. The number of amides is 2. The lowest BCUT2D eigenvalue weighted by atomic mass is 9.51.